The van der Waals surface area contributed by atoms with Gasteiger partial charge in [-0.2, -0.15) is 0 Å². The summed E-state index contributed by atoms with van der Waals surface area (Å²) in [6.45, 7) is 3.88. The molecule has 1 aliphatic carbocycles. The largest absolute Gasteiger partial charge is 0.465 e. The Labute approximate surface area is 209 Å². The van der Waals surface area contributed by atoms with Crippen LogP contribution in [-0.2, 0) is 29.4 Å². The fraction of sp³-hybridized carbons (Fsp3) is 0.409. The van der Waals surface area contributed by atoms with Crippen LogP contribution in [0.2, 0.25) is 0 Å². The molecule has 1 unspecified atom stereocenters. The number of nitrogens with zero attached hydrogens (tertiary/aromatic N) is 3. The lowest BCUT2D eigenvalue weighted by molar-refractivity contribution is -0.113. The Morgan fingerprint density at radius 1 is 1.35 bits per heavy atom. The predicted molar refractivity (Wildman–Crippen MR) is 134 cm³/mol. The number of nitrogens with one attached hydrogen (secondary N) is 1. The van der Waals surface area contributed by atoms with Crippen molar-refractivity contribution in [3.63, 3.8) is 0 Å². The summed E-state index contributed by atoms with van der Waals surface area (Å²) in [6.07, 6.45) is 3.32. The second kappa shape index (κ2) is 9.88. The van der Waals surface area contributed by atoms with Gasteiger partial charge in [0.1, 0.15) is 5.00 Å². The highest BCUT2D eigenvalue weighted by Crippen LogP contribution is 2.38. The van der Waals surface area contributed by atoms with Crippen LogP contribution in [0.1, 0.15) is 49.4 Å². The van der Waals surface area contributed by atoms with Crippen molar-refractivity contribution in [2.45, 2.75) is 38.3 Å². The molecule has 34 heavy (non-hydrogen) atoms. The molecule has 12 heteroatoms. The molecular formula is C22H25N5O4S3. The van der Waals surface area contributed by atoms with Crippen LogP contribution in [0.5, 0.6) is 0 Å². The zero-order valence-corrected chi connectivity index (χ0v) is 21.7. The molecule has 0 aliphatic heterocycles. The number of hydrogen-bond acceptors (Lipinski definition) is 9. The number of methoxy groups -OCH3 is 1. The van der Waals surface area contributed by atoms with Crippen LogP contribution in [0.4, 0.5) is 5.00 Å². The summed E-state index contributed by atoms with van der Waals surface area (Å²) in [5, 5.41) is 14.4. The highest BCUT2D eigenvalue weighted by molar-refractivity contribution is 7.99. The normalized spacial score (nSPS) is 15.1. The van der Waals surface area contributed by atoms with Gasteiger partial charge in [-0.3, -0.25) is 9.59 Å². The van der Waals surface area contributed by atoms with E-state index in [-0.39, 0.29) is 27.1 Å². The third kappa shape index (κ3) is 4.62. The van der Waals surface area contributed by atoms with Gasteiger partial charge in [0.05, 0.1) is 23.3 Å². The SMILES string of the molecule is COC(=O)c1c(NC(=O)CSc2nnc(-c3csc4c3CCC(C)C4)n2C)sc(C(N)=O)c1C. The molecule has 0 aromatic carbocycles. The Morgan fingerprint density at radius 2 is 2.12 bits per heavy atom. The number of nitrogens with two attached hydrogens (primary N) is 1. The summed E-state index contributed by atoms with van der Waals surface area (Å²) in [7, 11) is 3.13. The van der Waals surface area contributed by atoms with Crippen LogP contribution >= 0.6 is 34.4 Å². The van der Waals surface area contributed by atoms with E-state index in [0.717, 1.165) is 35.6 Å². The Kier molecular flexibility index (Phi) is 7.10. The average Bonchev–Trinajstić information content (AvgIpc) is 3.46. The second-order valence-corrected chi connectivity index (χ2v) is 11.1. The molecule has 0 saturated carbocycles. The van der Waals surface area contributed by atoms with Crippen molar-refractivity contribution in [1.29, 1.82) is 0 Å². The number of thiophene rings is 2. The lowest BCUT2D eigenvalue weighted by Crippen LogP contribution is -2.16. The fourth-order valence-corrected chi connectivity index (χ4v) is 7.03. The summed E-state index contributed by atoms with van der Waals surface area (Å²) < 4.78 is 6.70. The lowest BCUT2D eigenvalue weighted by atomic mass is 9.88. The predicted octanol–water partition coefficient (Wildman–Crippen LogP) is 3.65. The van der Waals surface area contributed by atoms with Gasteiger partial charge in [-0.05, 0) is 43.2 Å². The molecule has 1 atom stereocenters. The number of hydrogen-bond donors (Lipinski definition) is 2. The zero-order chi connectivity index (χ0) is 24.6. The van der Waals surface area contributed by atoms with Crippen LogP contribution in [-0.4, -0.2) is 45.4 Å². The van der Waals surface area contributed by atoms with Gasteiger partial charge in [0.2, 0.25) is 5.91 Å². The van der Waals surface area contributed by atoms with E-state index in [1.807, 2.05) is 11.6 Å². The van der Waals surface area contributed by atoms with Gasteiger partial charge < -0.3 is 20.4 Å². The van der Waals surface area contributed by atoms with Gasteiger partial charge >= 0.3 is 5.97 Å². The molecule has 3 heterocycles. The molecular weight excluding hydrogens is 494 g/mol. The summed E-state index contributed by atoms with van der Waals surface area (Å²) >= 11 is 3.98. The number of carbonyl (C=O) groups is 3. The van der Waals surface area contributed by atoms with E-state index < -0.39 is 11.9 Å². The van der Waals surface area contributed by atoms with Crippen molar-refractivity contribution in [2.75, 3.05) is 18.2 Å². The van der Waals surface area contributed by atoms with Crippen molar-refractivity contribution in [3.05, 3.63) is 31.8 Å². The van der Waals surface area contributed by atoms with Gasteiger partial charge in [-0.15, -0.1) is 32.9 Å². The number of anilines is 1. The number of carbonyl (C=O) groups excluding carboxylic acids is 3. The Bertz CT molecular complexity index is 1280. The first-order valence-electron chi connectivity index (χ1n) is 10.6. The molecule has 4 rings (SSSR count). The Hall–Kier alpha value is -2.70. The number of esters is 1. The third-order valence-corrected chi connectivity index (χ3v) is 9.12. The molecule has 0 spiro atoms. The highest BCUT2D eigenvalue weighted by atomic mass is 32.2. The molecule has 180 valence electrons. The number of rotatable bonds is 7. The van der Waals surface area contributed by atoms with Crippen LogP contribution in [0, 0.1) is 12.8 Å². The van der Waals surface area contributed by atoms with Crippen molar-refractivity contribution in [3.8, 4) is 11.4 Å². The molecule has 0 bridgehead atoms. The maximum absolute atomic E-state index is 12.7. The van der Waals surface area contributed by atoms with Crippen LogP contribution < -0.4 is 11.1 Å². The van der Waals surface area contributed by atoms with Crippen molar-refractivity contribution in [2.24, 2.45) is 18.7 Å². The molecule has 3 aromatic heterocycles. The van der Waals surface area contributed by atoms with Crippen molar-refractivity contribution < 1.29 is 19.1 Å². The Morgan fingerprint density at radius 3 is 2.82 bits per heavy atom. The van der Waals surface area contributed by atoms with Crippen LogP contribution in [0.15, 0.2) is 10.5 Å². The van der Waals surface area contributed by atoms with Crippen LogP contribution in [0.25, 0.3) is 11.4 Å². The topological polar surface area (TPSA) is 129 Å². The summed E-state index contributed by atoms with van der Waals surface area (Å²) in [5.41, 5.74) is 8.40. The van der Waals surface area contributed by atoms with Gasteiger partial charge in [0, 0.05) is 22.9 Å². The van der Waals surface area contributed by atoms with Gasteiger partial charge in [-0.25, -0.2) is 4.79 Å². The molecule has 0 fully saturated rings. The van der Waals surface area contributed by atoms with Crippen LogP contribution in [0.3, 0.4) is 0 Å². The highest BCUT2D eigenvalue weighted by Gasteiger charge is 2.26. The van der Waals surface area contributed by atoms with Gasteiger partial charge in [-0.1, -0.05) is 18.7 Å². The smallest absolute Gasteiger partial charge is 0.341 e. The number of ether oxygens (including phenoxy) is 1. The number of fused-ring (bicyclic) bond motifs is 1. The zero-order valence-electron chi connectivity index (χ0n) is 19.3. The van der Waals surface area contributed by atoms with Gasteiger partial charge in [0.25, 0.3) is 5.91 Å². The minimum absolute atomic E-state index is 0.0503. The fourth-order valence-electron chi connectivity index (χ4n) is 4.02. The van der Waals surface area contributed by atoms with Gasteiger partial charge in [0.15, 0.2) is 11.0 Å². The average molecular weight is 520 g/mol. The van der Waals surface area contributed by atoms with E-state index in [2.05, 4.69) is 27.8 Å². The third-order valence-electron chi connectivity index (χ3n) is 5.82. The maximum Gasteiger partial charge on any atom is 0.341 e. The van der Waals surface area contributed by atoms with E-state index in [0.29, 0.717) is 16.6 Å². The molecule has 2 amide bonds. The van der Waals surface area contributed by atoms with Crippen molar-refractivity contribution in [1.82, 2.24) is 14.8 Å². The summed E-state index contributed by atoms with van der Waals surface area (Å²) in [5.74, 6) is -0.111. The van der Waals surface area contributed by atoms with E-state index in [4.69, 9.17) is 10.5 Å². The summed E-state index contributed by atoms with van der Waals surface area (Å²) in [4.78, 5) is 38.2. The van der Waals surface area contributed by atoms with E-state index in [1.54, 1.807) is 18.3 Å². The number of thioether (sulfide) groups is 1. The van der Waals surface area contributed by atoms with Crippen molar-refractivity contribution >= 4 is 57.2 Å². The molecule has 0 saturated heterocycles. The molecule has 0 radical (unpaired) electrons. The quantitative estimate of drug-likeness (QED) is 0.360. The first kappa shape index (κ1) is 24.4. The summed E-state index contributed by atoms with van der Waals surface area (Å²) in [6, 6.07) is 0. The maximum atomic E-state index is 12.7. The number of primary amides is 1. The standard InChI is InChI=1S/C22H25N5O4S3/c1-10-5-6-12-13(8-32-14(12)7-10)19-25-26-22(27(19)3)33-9-15(28)24-20-16(21(30)31-4)11(2)17(34-20)18(23)29/h8,10H,5-7,9H2,1-4H3,(H2,23,29)(H,24,28). The second-order valence-electron chi connectivity index (χ2n) is 8.22. The monoisotopic (exact) mass is 519 g/mol. The minimum Gasteiger partial charge on any atom is -0.465 e. The first-order valence-corrected chi connectivity index (χ1v) is 13.3. The number of aromatic nitrogens is 3. The Balaban J connectivity index is 1.47. The molecule has 3 N–H and O–H groups in total. The van der Waals surface area contributed by atoms with E-state index >= 15 is 0 Å². The minimum atomic E-state index is -0.667. The van der Waals surface area contributed by atoms with E-state index in [9.17, 15) is 14.4 Å². The molecule has 9 nitrogen and oxygen atoms in total. The molecule has 3 aromatic rings. The van der Waals surface area contributed by atoms with E-state index in [1.165, 1.54) is 35.7 Å². The molecule has 1 aliphatic rings. The first-order chi connectivity index (χ1) is 16.2. The number of amides is 2. The lowest BCUT2D eigenvalue weighted by Gasteiger charge is -2.18.